The molecule has 0 spiro atoms. The van der Waals surface area contributed by atoms with Gasteiger partial charge in [-0.05, 0) is 23.3 Å². The molecule has 2 aromatic rings. The molecule has 0 aliphatic carbocycles. The van der Waals surface area contributed by atoms with E-state index in [9.17, 15) is 9.59 Å². The fourth-order valence-corrected chi connectivity index (χ4v) is 3.08. The van der Waals surface area contributed by atoms with Gasteiger partial charge in [0.05, 0.1) is 13.7 Å². The van der Waals surface area contributed by atoms with Gasteiger partial charge in [-0.15, -0.1) is 0 Å². The first-order chi connectivity index (χ1) is 14.1. The third kappa shape index (κ3) is 6.91. The van der Waals surface area contributed by atoms with Gasteiger partial charge in [0.25, 0.3) is 0 Å². The molecule has 0 aliphatic heterocycles. The summed E-state index contributed by atoms with van der Waals surface area (Å²) < 4.78 is 10.2. The zero-order chi connectivity index (χ0) is 21.1. The number of benzene rings is 2. The molecule has 1 atom stereocenters. The lowest BCUT2D eigenvalue weighted by molar-refractivity contribution is -0.141. The Morgan fingerprint density at radius 3 is 2.28 bits per heavy atom. The van der Waals surface area contributed by atoms with Crippen LogP contribution in [0.5, 0.6) is 5.75 Å². The van der Waals surface area contributed by atoms with Gasteiger partial charge in [-0.1, -0.05) is 49.4 Å². The van der Waals surface area contributed by atoms with Gasteiger partial charge in [0.15, 0.2) is 0 Å². The highest BCUT2D eigenvalue weighted by atomic mass is 16.5. The number of hydrogen-bond acceptors (Lipinski definition) is 4. The Balaban J connectivity index is 2.28. The average Bonchev–Trinajstić information content (AvgIpc) is 2.76. The molecule has 2 aromatic carbocycles. The first kappa shape index (κ1) is 22.4. The molecule has 1 unspecified atom stereocenters. The van der Waals surface area contributed by atoms with Gasteiger partial charge < -0.3 is 19.7 Å². The molecule has 0 aliphatic rings. The molecule has 0 bridgehead atoms. The van der Waals surface area contributed by atoms with Gasteiger partial charge in [0.1, 0.15) is 11.8 Å². The fourth-order valence-electron chi connectivity index (χ4n) is 3.08. The van der Waals surface area contributed by atoms with Crippen LogP contribution in [-0.4, -0.2) is 50.1 Å². The lowest BCUT2D eigenvalue weighted by Gasteiger charge is -2.31. The quantitative estimate of drug-likeness (QED) is 0.591. The SMILES string of the molecule is CCC(=O)N(Cc1ccc(OC)cc1)C(Cc1ccccc1)C(=O)NCCOC. The summed E-state index contributed by atoms with van der Waals surface area (Å²) in [6.45, 7) is 2.99. The second-order valence-electron chi connectivity index (χ2n) is 6.71. The maximum absolute atomic E-state index is 13.0. The van der Waals surface area contributed by atoms with E-state index in [1.165, 1.54) is 0 Å². The van der Waals surface area contributed by atoms with E-state index < -0.39 is 6.04 Å². The van der Waals surface area contributed by atoms with E-state index in [0.29, 0.717) is 32.5 Å². The maximum atomic E-state index is 13.0. The fraction of sp³-hybridized carbons (Fsp3) is 0.391. The van der Waals surface area contributed by atoms with Crippen molar-refractivity contribution in [3.8, 4) is 5.75 Å². The summed E-state index contributed by atoms with van der Waals surface area (Å²) in [5, 5.41) is 2.89. The van der Waals surface area contributed by atoms with Gasteiger partial charge in [-0.3, -0.25) is 9.59 Å². The Kier molecular flexibility index (Phi) is 9.18. The molecule has 156 valence electrons. The number of methoxy groups -OCH3 is 2. The summed E-state index contributed by atoms with van der Waals surface area (Å²) in [5.74, 6) is 0.505. The molecular weight excluding hydrogens is 368 g/mol. The van der Waals surface area contributed by atoms with Crippen LogP contribution in [0.2, 0.25) is 0 Å². The third-order valence-electron chi connectivity index (χ3n) is 4.69. The Hall–Kier alpha value is -2.86. The van der Waals surface area contributed by atoms with Gasteiger partial charge in [0, 0.05) is 33.0 Å². The maximum Gasteiger partial charge on any atom is 0.243 e. The summed E-state index contributed by atoms with van der Waals surface area (Å²) in [6.07, 6.45) is 0.772. The van der Waals surface area contributed by atoms with E-state index in [1.807, 2.05) is 61.5 Å². The molecule has 1 N–H and O–H groups in total. The highest BCUT2D eigenvalue weighted by Gasteiger charge is 2.29. The molecule has 29 heavy (non-hydrogen) atoms. The standard InChI is InChI=1S/C23H30N2O4/c1-4-22(26)25(17-19-10-12-20(29-3)13-11-19)21(23(27)24-14-15-28-2)16-18-8-6-5-7-9-18/h5-13,21H,4,14-17H2,1-3H3,(H,24,27). The molecular formula is C23H30N2O4. The van der Waals surface area contributed by atoms with Crippen LogP contribution in [-0.2, 0) is 27.3 Å². The molecule has 6 nitrogen and oxygen atoms in total. The minimum absolute atomic E-state index is 0.0661. The minimum atomic E-state index is -0.608. The molecule has 0 radical (unpaired) electrons. The largest absolute Gasteiger partial charge is 0.497 e. The van der Waals surface area contributed by atoms with E-state index in [2.05, 4.69) is 5.32 Å². The number of rotatable bonds is 11. The Morgan fingerprint density at radius 2 is 1.69 bits per heavy atom. The van der Waals surface area contributed by atoms with Crippen LogP contribution >= 0.6 is 0 Å². The van der Waals surface area contributed by atoms with Gasteiger partial charge in [0.2, 0.25) is 11.8 Å². The number of ether oxygens (including phenoxy) is 2. The Morgan fingerprint density at radius 1 is 1.00 bits per heavy atom. The molecule has 2 rings (SSSR count). The highest BCUT2D eigenvalue weighted by Crippen LogP contribution is 2.18. The molecule has 0 fully saturated rings. The predicted molar refractivity (Wildman–Crippen MR) is 113 cm³/mol. The Bertz CT molecular complexity index is 762. The number of nitrogens with one attached hydrogen (secondary N) is 1. The number of carbonyl (C=O) groups is 2. The lowest BCUT2D eigenvalue weighted by atomic mass is 10.0. The first-order valence-electron chi connectivity index (χ1n) is 9.82. The monoisotopic (exact) mass is 398 g/mol. The Labute approximate surface area is 172 Å². The van der Waals surface area contributed by atoms with Crippen LogP contribution < -0.4 is 10.1 Å². The summed E-state index contributed by atoms with van der Waals surface area (Å²) in [7, 11) is 3.20. The third-order valence-corrected chi connectivity index (χ3v) is 4.69. The van der Waals surface area contributed by atoms with Gasteiger partial charge in [-0.25, -0.2) is 0 Å². The van der Waals surface area contributed by atoms with Crippen LogP contribution in [0.15, 0.2) is 54.6 Å². The highest BCUT2D eigenvalue weighted by molar-refractivity contribution is 5.87. The van der Waals surface area contributed by atoms with E-state index in [4.69, 9.17) is 9.47 Å². The number of amides is 2. The zero-order valence-corrected chi connectivity index (χ0v) is 17.4. The van der Waals surface area contributed by atoms with Crippen molar-refractivity contribution >= 4 is 11.8 Å². The number of nitrogens with zero attached hydrogens (tertiary/aromatic N) is 1. The number of hydrogen-bond donors (Lipinski definition) is 1. The van der Waals surface area contributed by atoms with Crippen molar-refractivity contribution in [2.24, 2.45) is 0 Å². The van der Waals surface area contributed by atoms with Gasteiger partial charge in [-0.2, -0.15) is 0 Å². The van der Waals surface area contributed by atoms with Gasteiger partial charge >= 0.3 is 0 Å². The second kappa shape index (κ2) is 11.9. The van der Waals surface area contributed by atoms with Crippen LogP contribution in [0.3, 0.4) is 0 Å². The minimum Gasteiger partial charge on any atom is -0.497 e. The van der Waals surface area contributed by atoms with E-state index in [-0.39, 0.29) is 11.8 Å². The molecule has 0 heterocycles. The predicted octanol–water partition coefficient (Wildman–Crippen LogP) is 2.81. The van der Waals surface area contributed by atoms with Crippen LogP contribution in [0.1, 0.15) is 24.5 Å². The van der Waals surface area contributed by atoms with Crippen LogP contribution in [0.4, 0.5) is 0 Å². The first-order valence-corrected chi connectivity index (χ1v) is 9.82. The van der Waals surface area contributed by atoms with Crippen molar-refractivity contribution in [1.82, 2.24) is 10.2 Å². The van der Waals surface area contributed by atoms with Crippen molar-refractivity contribution in [1.29, 1.82) is 0 Å². The summed E-state index contributed by atoms with van der Waals surface area (Å²) >= 11 is 0. The van der Waals surface area contributed by atoms with E-state index in [0.717, 1.165) is 16.9 Å². The van der Waals surface area contributed by atoms with Crippen molar-refractivity contribution in [2.75, 3.05) is 27.4 Å². The molecule has 6 heteroatoms. The normalized spacial score (nSPS) is 11.6. The zero-order valence-electron chi connectivity index (χ0n) is 17.4. The van der Waals surface area contributed by atoms with Crippen molar-refractivity contribution in [3.05, 3.63) is 65.7 Å². The second-order valence-corrected chi connectivity index (χ2v) is 6.71. The molecule has 0 saturated carbocycles. The summed E-state index contributed by atoms with van der Waals surface area (Å²) in [5.41, 5.74) is 1.94. The molecule has 0 saturated heterocycles. The summed E-state index contributed by atoms with van der Waals surface area (Å²) in [4.78, 5) is 27.5. The lowest BCUT2D eigenvalue weighted by Crippen LogP contribution is -2.50. The molecule has 2 amide bonds. The van der Waals surface area contributed by atoms with E-state index in [1.54, 1.807) is 19.1 Å². The van der Waals surface area contributed by atoms with Crippen LogP contribution in [0, 0.1) is 0 Å². The van der Waals surface area contributed by atoms with Crippen LogP contribution in [0.25, 0.3) is 0 Å². The van der Waals surface area contributed by atoms with Crippen molar-refractivity contribution < 1.29 is 19.1 Å². The van der Waals surface area contributed by atoms with E-state index >= 15 is 0 Å². The summed E-state index contributed by atoms with van der Waals surface area (Å²) in [6, 6.07) is 16.7. The molecule has 0 aromatic heterocycles. The topological polar surface area (TPSA) is 67.9 Å². The smallest absolute Gasteiger partial charge is 0.243 e. The average molecular weight is 399 g/mol. The number of carbonyl (C=O) groups excluding carboxylic acids is 2. The van der Waals surface area contributed by atoms with Crippen molar-refractivity contribution in [2.45, 2.75) is 32.4 Å². The van der Waals surface area contributed by atoms with Crippen molar-refractivity contribution in [3.63, 3.8) is 0 Å².